The van der Waals surface area contributed by atoms with Crippen molar-refractivity contribution in [3.8, 4) is 0 Å². The number of piperidine rings is 1. The Morgan fingerprint density at radius 3 is 2.48 bits per heavy atom. The van der Waals surface area contributed by atoms with Gasteiger partial charge in [-0.15, -0.1) is 0 Å². The van der Waals surface area contributed by atoms with Crippen LogP contribution in [-0.4, -0.2) is 47.9 Å². The number of amides is 1. The molecule has 1 saturated heterocycles. The van der Waals surface area contributed by atoms with Crippen LogP contribution in [0.2, 0.25) is 0 Å². The molecular formula is C19H24N4O3S. The largest absolute Gasteiger partial charge is 0.344 e. The van der Waals surface area contributed by atoms with Crippen molar-refractivity contribution in [2.75, 3.05) is 19.3 Å². The van der Waals surface area contributed by atoms with Crippen molar-refractivity contribution in [3.63, 3.8) is 0 Å². The minimum atomic E-state index is -3.13. The van der Waals surface area contributed by atoms with Crippen LogP contribution in [0.4, 0.5) is 0 Å². The molecule has 144 valence electrons. The lowest BCUT2D eigenvalue weighted by Crippen LogP contribution is -2.37. The summed E-state index contributed by atoms with van der Waals surface area (Å²) in [6, 6.07) is 9.03. The number of nitrogens with zero attached hydrogens (tertiary/aromatic N) is 3. The van der Waals surface area contributed by atoms with Crippen LogP contribution in [0.5, 0.6) is 0 Å². The van der Waals surface area contributed by atoms with E-state index < -0.39 is 10.0 Å². The third kappa shape index (κ3) is 4.90. The number of nitrogens with one attached hydrogen (secondary N) is 1. The van der Waals surface area contributed by atoms with E-state index in [-0.39, 0.29) is 17.9 Å². The summed E-state index contributed by atoms with van der Waals surface area (Å²) in [5, 5.41) is 2.92. The standard InChI is InChI=1S/C19H24N4O3S/c1-14(17-5-3-4-10-20-17)22-19(24)16-6-7-18(21-13-16)15-8-11-23(12-9-15)27(2,25)26/h3-7,10,13-15H,8-9,11-12H2,1-2H3,(H,22,24)/t14-/m1/s1. The second-order valence-corrected chi connectivity index (χ2v) is 8.84. The minimum absolute atomic E-state index is 0.195. The van der Waals surface area contributed by atoms with Crippen molar-refractivity contribution in [1.82, 2.24) is 19.6 Å². The first kappa shape index (κ1) is 19.4. The highest BCUT2D eigenvalue weighted by molar-refractivity contribution is 7.88. The third-order valence-electron chi connectivity index (χ3n) is 4.87. The fourth-order valence-electron chi connectivity index (χ4n) is 3.25. The zero-order valence-corrected chi connectivity index (χ0v) is 16.3. The quantitative estimate of drug-likeness (QED) is 0.847. The summed E-state index contributed by atoms with van der Waals surface area (Å²) in [5.74, 6) is 0.0200. The molecule has 27 heavy (non-hydrogen) atoms. The van der Waals surface area contributed by atoms with Crippen LogP contribution in [0.1, 0.15) is 53.5 Å². The minimum Gasteiger partial charge on any atom is -0.344 e. The van der Waals surface area contributed by atoms with Crippen molar-refractivity contribution < 1.29 is 13.2 Å². The summed E-state index contributed by atoms with van der Waals surface area (Å²) in [6.07, 6.45) is 6.00. The average molecular weight is 388 g/mol. The second kappa shape index (κ2) is 8.14. The molecule has 0 aliphatic carbocycles. The molecule has 0 aromatic carbocycles. The van der Waals surface area contributed by atoms with Gasteiger partial charge in [-0.2, -0.15) is 0 Å². The highest BCUT2D eigenvalue weighted by Gasteiger charge is 2.26. The first-order chi connectivity index (χ1) is 12.8. The van der Waals surface area contributed by atoms with Crippen molar-refractivity contribution in [3.05, 3.63) is 59.7 Å². The van der Waals surface area contributed by atoms with E-state index >= 15 is 0 Å². The summed E-state index contributed by atoms with van der Waals surface area (Å²) in [4.78, 5) is 21.1. The van der Waals surface area contributed by atoms with Gasteiger partial charge in [0.2, 0.25) is 10.0 Å². The molecule has 8 heteroatoms. The molecule has 0 radical (unpaired) electrons. The van der Waals surface area contributed by atoms with Gasteiger partial charge in [0.1, 0.15) is 0 Å². The van der Waals surface area contributed by atoms with E-state index in [2.05, 4.69) is 15.3 Å². The molecule has 1 N–H and O–H groups in total. The number of hydrogen-bond acceptors (Lipinski definition) is 5. The average Bonchev–Trinajstić information content (AvgIpc) is 2.68. The smallest absolute Gasteiger partial charge is 0.253 e. The number of rotatable bonds is 5. The Morgan fingerprint density at radius 1 is 1.19 bits per heavy atom. The zero-order chi connectivity index (χ0) is 19.4. The van der Waals surface area contributed by atoms with E-state index in [0.717, 1.165) is 24.2 Å². The maximum atomic E-state index is 12.4. The molecule has 0 saturated carbocycles. The molecule has 0 unspecified atom stereocenters. The van der Waals surface area contributed by atoms with E-state index in [1.54, 1.807) is 18.5 Å². The van der Waals surface area contributed by atoms with Crippen LogP contribution in [0.15, 0.2) is 42.7 Å². The van der Waals surface area contributed by atoms with Crippen molar-refractivity contribution >= 4 is 15.9 Å². The number of pyridine rings is 2. The van der Waals surface area contributed by atoms with Crippen LogP contribution >= 0.6 is 0 Å². The maximum absolute atomic E-state index is 12.4. The molecular weight excluding hydrogens is 364 g/mol. The molecule has 2 aromatic heterocycles. The topological polar surface area (TPSA) is 92.3 Å². The van der Waals surface area contributed by atoms with Gasteiger partial charge in [-0.1, -0.05) is 6.07 Å². The molecule has 1 aliphatic heterocycles. The zero-order valence-electron chi connectivity index (χ0n) is 15.5. The fraction of sp³-hybridized carbons (Fsp3) is 0.421. The molecule has 1 fully saturated rings. The van der Waals surface area contributed by atoms with Gasteiger partial charge in [0.25, 0.3) is 5.91 Å². The van der Waals surface area contributed by atoms with Crippen LogP contribution in [0, 0.1) is 0 Å². The number of hydrogen-bond donors (Lipinski definition) is 1. The summed E-state index contributed by atoms with van der Waals surface area (Å²) < 4.78 is 24.7. The fourth-order valence-corrected chi connectivity index (χ4v) is 4.12. The van der Waals surface area contributed by atoms with Crippen LogP contribution < -0.4 is 5.32 Å². The summed E-state index contributed by atoms with van der Waals surface area (Å²) in [7, 11) is -3.13. The van der Waals surface area contributed by atoms with Crippen LogP contribution in [-0.2, 0) is 10.0 Å². The van der Waals surface area contributed by atoms with Crippen molar-refractivity contribution in [1.29, 1.82) is 0 Å². The van der Waals surface area contributed by atoms with E-state index in [1.165, 1.54) is 10.6 Å². The van der Waals surface area contributed by atoms with Gasteiger partial charge >= 0.3 is 0 Å². The third-order valence-corrected chi connectivity index (χ3v) is 6.17. The SMILES string of the molecule is C[C@@H](NC(=O)c1ccc(C2CCN(S(C)(=O)=O)CC2)nc1)c1ccccn1. The van der Waals surface area contributed by atoms with Gasteiger partial charge in [0, 0.05) is 37.1 Å². The Balaban J connectivity index is 1.60. The molecule has 1 amide bonds. The molecule has 7 nitrogen and oxygen atoms in total. The predicted octanol–water partition coefficient (Wildman–Crippen LogP) is 2.11. The molecule has 1 aliphatic rings. The van der Waals surface area contributed by atoms with E-state index in [4.69, 9.17) is 0 Å². The summed E-state index contributed by atoms with van der Waals surface area (Å²) in [6.45, 7) is 2.90. The molecule has 0 spiro atoms. The van der Waals surface area contributed by atoms with Gasteiger partial charge in [-0.25, -0.2) is 12.7 Å². The van der Waals surface area contributed by atoms with Gasteiger partial charge in [-0.05, 0) is 44.0 Å². The number of carbonyl (C=O) groups excluding carboxylic acids is 1. The van der Waals surface area contributed by atoms with Gasteiger partial charge < -0.3 is 5.32 Å². The van der Waals surface area contributed by atoms with E-state index in [1.807, 2.05) is 31.2 Å². The van der Waals surface area contributed by atoms with Crippen molar-refractivity contribution in [2.45, 2.75) is 31.7 Å². The van der Waals surface area contributed by atoms with Crippen LogP contribution in [0.3, 0.4) is 0 Å². The Morgan fingerprint density at radius 2 is 1.93 bits per heavy atom. The van der Waals surface area contributed by atoms with Crippen molar-refractivity contribution in [2.24, 2.45) is 0 Å². The Labute approximate surface area is 159 Å². The Kier molecular flexibility index (Phi) is 5.86. The van der Waals surface area contributed by atoms with Gasteiger partial charge in [0.05, 0.1) is 23.6 Å². The Bertz CT molecular complexity index is 877. The molecule has 3 rings (SSSR count). The predicted molar refractivity (Wildman–Crippen MR) is 103 cm³/mol. The lowest BCUT2D eigenvalue weighted by Gasteiger charge is -2.29. The lowest BCUT2D eigenvalue weighted by atomic mass is 9.94. The Hall–Kier alpha value is -2.32. The molecule has 3 heterocycles. The monoisotopic (exact) mass is 388 g/mol. The normalized spacial score (nSPS) is 17.4. The first-order valence-electron chi connectivity index (χ1n) is 8.97. The maximum Gasteiger partial charge on any atom is 0.253 e. The van der Waals surface area contributed by atoms with E-state index in [0.29, 0.717) is 18.7 Å². The second-order valence-electron chi connectivity index (χ2n) is 6.86. The van der Waals surface area contributed by atoms with E-state index in [9.17, 15) is 13.2 Å². The number of sulfonamides is 1. The number of carbonyl (C=O) groups is 1. The van der Waals surface area contributed by atoms with Gasteiger partial charge in [-0.3, -0.25) is 14.8 Å². The highest BCUT2D eigenvalue weighted by atomic mass is 32.2. The summed E-state index contributed by atoms with van der Waals surface area (Å²) in [5.41, 5.74) is 2.20. The lowest BCUT2D eigenvalue weighted by molar-refractivity contribution is 0.0938. The van der Waals surface area contributed by atoms with Crippen LogP contribution in [0.25, 0.3) is 0 Å². The number of aromatic nitrogens is 2. The first-order valence-corrected chi connectivity index (χ1v) is 10.8. The molecule has 0 bridgehead atoms. The van der Waals surface area contributed by atoms with Gasteiger partial charge in [0.15, 0.2) is 0 Å². The highest BCUT2D eigenvalue weighted by Crippen LogP contribution is 2.27. The molecule has 1 atom stereocenters. The summed E-state index contributed by atoms with van der Waals surface area (Å²) >= 11 is 0. The molecule has 2 aromatic rings.